The van der Waals surface area contributed by atoms with Crippen molar-refractivity contribution in [3.8, 4) is 61.8 Å². The zero-order valence-corrected chi connectivity index (χ0v) is 28.6. The summed E-state index contributed by atoms with van der Waals surface area (Å²) in [7, 11) is 0. The lowest BCUT2D eigenvalue weighted by molar-refractivity contribution is 1.18. The standard InChI is InChI=1S/C50H33N3/c1-3-13-34(14-4-1)35-23-25-37(26-24-35)46-33-47(52-50(51-46)38-15-5-2-6-16-38)43-32-31-40(41-17-7-8-18-42(41)43)36-27-29-39(30-28-36)53-48-21-11-9-19-44(48)45-20-10-12-22-49(45)53/h1-33H/i23D,24D,25D,26D. The van der Waals surface area contributed by atoms with E-state index in [4.69, 9.17) is 15.5 Å². The van der Waals surface area contributed by atoms with Gasteiger partial charge in [0.25, 0.3) is 0 Å². The maximum Gasteiger partial charge on any atom is 0.160 e. The zero-order valence-electron chi connectivity index (χ0n) is 32.6. The fourth-order valence-corrected chi connectivity index (χ4v) is 7.38. The lowest BCUT2D eigenvalue weighted by atomic mass is 9.93. The van der Waals surface area contributed by atoms with Crippen LogP contribution >= 0.6 is 0 Å². The van der Waals surface area contributed by atoms with E-state index in [0.717, 1.165) is 38.7 Å². The van der Waals surface area contributed by atoms with E-state index in [-0.39, 0.29) is 35.3 Å². The summed E-state index contributed by atoms with van der Waals surface area (Å²) in [6, 6.07) is 58.3. The van der Waals surface area contributed by atoms with Gasteiger partial charge in [0.15, 0.2) is 5.82 Å². The Labute approximate surface area is 313 Å². The van der Waals surface area contributed by atoms with Crippen LogP contribution in [0.5, 0.6) is 0 Å². The van der Waals surface area contributed by atoms with Gasteiger partial charge in [0.2, 0.25) is 0 Å². The lowest BCUT2D eigenvalue weighted by Crippen LogP contribution is -1.97. The Hall–Kier alpha value is -7.10. The van der Waals surface area contributed by atoms with Crippen molar-refractivity contribution in [3.63, 3.8) is 0 Å². The molecule has 0 saturated carbocycles. The molecule has 3 heteroatoms. The molecule has 8 aromatic carbocycles. The summed E-state index contributed by atoms with van der Waals surface area (Å²) in [5.41, 5.74) is 9.19. The van der Waals surface area contributed by atoms with Crippen LogP contribution < -0.4 is 0 Å². The summed E-state index contributed by atoms with van der Waals surface area (Å²) in [5.74, 6) is 0.431. The molecule has 0 bridgehead atoms. The van der Waals surface area contributed by atoms with Crippen molar-refractivity contribution >= 4 is 32.6 Å². The van der Waals surface area contributed by atoms with Gasteiger partial charge in [-0.05, 0) is 63.4 Å². The SMILES string of the molecule is [2H]c1c([2H])c(-c2cc(-c3ccc(-c4ccc(-n5c6ccccc6c6ccccc65)cc4)c4ccccc34)nc(-c3ccccc3)n2)c([2H])c([2H])c1-c1ccccc1. The highest BCUT2D eigenvalue weighted by atomic mass is 15.0. The van der Waals surface area contributed by atoms with Crippen molar-refractivity contribution in [3.05, 3.63) is 200 Å². The van der Waals surface area contributed by atoms with Crippen LogP contribution in [-0.4, -0.2) is 14.5 Å². The molecule has 2 aromatic heterocycles. The monoisotopic (exact) mass is 679 g/mol. The van der Waals surface area contributed by atoms with Gasteiger partial charge in [0, 0.05) is 33.2 Å². The van der Waals surface area contributed by atoms with Gasteiger partial charge in [-0.3, -0.25) is 0 Å². The minimum absolute atomic E-state index is 0.113. The first-order chi connectivity index (χ1) is 28.0. The molecular formula is C50H33N3. The second kappa shape index (κ2) is 12.9. The fourth-order valence-electron chi connectivity index (χ4n) is 7.38. The summed E-state index contributed by atoms with van der Waals surface area (Å²) in [5, 5.41) is 4.50. The molecule has 0 amide bonds. The van der Waals surface area contributed by atoms with Crippen molar-refractivity contribution < 1.29 is 5.48 Å². The van der Waals surface area contributed by atoms with Crippen LogP contribution in [0.1, 0.15) is 5.48 Å². The zero-order chi connectivity index (χ0) is 38.6. The molecule has 0 fully saturated rings. The number of fused-ring (bicyclic) bond motifs is 4. The third-order valence-corrected chi connectivity index (χ3v) is 9.92. The van der Waals surface area contributed by atoms with Crippen molar-refractivity contribution in [1.82, 2.24) is 14.5 Å². The molecule has 0 atom stereocenters. The van der Waals surface area contributed by atoms with Crippen molar-refractivity contribution in [1.29, 1.82) is 0 Å². The second-order valence-electron chi connectivity index (χ2n) is 13.1. The summed E-state index contributed by atoms with van der Waals surface area (Å²) in [6.45, 7) is 0. The Morgan fingerprint density at radius 2 is 0.849 bits per heavy atom. The summed E-state index contributed by atoms with van der Waals surface area (Å²) in [6.07, 6.45) is 0. The van der Waals surface area contributed by atoms with Gasteiger partial charge in [-0.15, -0.1) is 0 Å². The Bertz CT molecular complexity index is 3080. The van der Waals surface area contributed by atoms with E-state index in [0.29, 0.717) is 22.8 Å². The first-order valence-electron chi connectivity index (χ1n) is 19.7. The predicted molar refractivity (Wildman–Crippen MR) is 221 cm³/mol. The highest BCUT2D eigenvalue weighted by molar-refractivity contribution is 6.09. The molecule has 10 aromatic rings. The highest BCUT2D eigenvalue weighted by Crippen LogP contribution is 2.38. The number of hydrogen-bond donors (Lipinski definition) is 0. The number of rotatable bonds is 6. The molecule has 53 heavy (non-hydrogen) atoms. The molecule has 3 nitrogen and oxygen atoms in total. The van der Waals surface area contributed by atoms with Crippen LogP contribution in [-0.2, 0) is 0 Å². The maximum atomic E-state index is 9.15. The van der Waals surface area contributed by atoms with Gasteiger partial charge in [-0.25, -0.2) is 9.97 Å². The van der Waals surface area contributed by atoms with E-state index in [2.05, 4.69) is 102 Å². The van der Waals surface area contributed by atoms with E-state index in [1.54, 1.807) is 18.2 Å². The van der Waals surface area contributed by atoms with E-state index >= 15 is 0 Å². The number of benzene rings is 8. The molecule has 0 N–H and O–H groups in total. The van der Waals surface area contributed by atoms with Crippen LogP contribution in [0.15, 0.2) is 200 Å². The van der Waals surface area contributed by atoms with Crippen LogP contribution in [0.2, 0.25) is 0 Å². The summed E-state index contributed by atoms with van der Waals surface area (Å²) in [4.78, 5) is 9.98. The normalized spacial score (nSPS) is 12.5. The number of hydrogen-bond acceptors (Lipinski definition) is 2. The molecule has 10 rings (SSSR count). The Balaban J connectivity index is 1.12. The van der Waals surface area contributed by atoms with Crippen molar-refractivity contribution in [2.45, 2.75) is 0 Å². The molecular weight excluding hydrogens is 643 g/mol. The summed E-state index contributed by atoms with van der Waals surface area (Å²) >= 11 is 0. The largest absolute Gasteiger partial charge is 0.309 e. The van der Waals surface area contributed by atoms with Crippen LogP contribution in [0.3, 0.4) is 0 Å². The second-order valence-corrected chi connectivity index (χ2v) is 13.1. The van der Waals surface area contributed by atoms with Crippen LogP contribution in [0, 0.1) is 0 Å². The van der Waals surface area contributed by atoms with Crippen LogP contribution in [0.4, 0.5) is 0 Å². The third-order valence-electron chi connectivity index (χ3n) is 9.92. The van der Waals surface area contributed by atoms with Gasteiger partial charge < -0.3 is 4.57 Å². The molecule has 0 saturated heterocycles. The Morgan fingerprint density at radius 1 is 0.358 bits per heavy atom. The Morgan fingerprint density at radius 3 is 1.49 bits per heavy atom. The van der Waals surface area contributed by atoms with E-state index < -0.39 is 0 Å². The highest BCUT2D eigenvalue weighted by Gasteiger charge is 2.16. The first kappa shape index (κ1) is 26.7. The molecule has 0 aliphatic rings. The molecule has 2 heterocycles. The van der Waals surface area contributed by atoms with Gasteiger partial charge in [0.05, 0.1) is 27.9 Å². The van der Waals surface area contributed by atoms with Gasteiger partial charge in [-0.2, -0.15) is 0 Å². The molecule has 0 spiro atoms. The quantitative estimate of drug-likeness (QED) is 0.175. The fraction of sp³-hybridized carbons (Fsp3) is 0. The minimum atomic E-state index is -0.150. The number of nitrogens with zero attached hydrogens (tertiary/aromatic N) is 3. The van der Waals surface area contributed by atoms with Crippen LogP contribution in [0.25, 0.3) is 94.4 Å². The van der Waals surface area contributed by atoms with E-state index in [9.17, 15) is 0 Å². The van der Waals surface area contributed by atoms with Gasteiger partial charge in [-0.1, -0.05) is 170 Å². The van der Waals surface area contributed by atoms with E-state index in [1.165, 1.54) is 21.8 Å². The Kier molecular flexibility index (Phi) is 6.49. The molecule has 248 valence electrons. The lowest BCUT2D eigenvalue weighted by Gasteiger charge is -2.15. The molecule has 0 aliphatic heterocycles. The molecule has 0 unspecified atom stereocenters. The third kappa shape index (κ3) is 5.47. The van der Waals surface area contributed by atoms with Crippen molar-refractivity contribution in [2.24, 2.45) is 0 Å². The maximum absolute atomic E-state index is 9.15. The summed E-state index contributed by atoms with van der Waals surface area (Å²) < 4.78 is 38.6. The number of para-hydroxylation sites is 2. The molecule has 0 aliphatic carbocycles. The number of aromatic nitrogens is 3. The minimum Gasteiger partial charge on any atom is -0.309 e. The van der Waals surface area contributed by atoms with Crippen molar-refractivity contribution in [2.75, 3.05) is 0 Å². The average molecular weight is 680 g/mol. The molecule has 0 radical (unpaired) electrons. The van der Waals surface area contributed by atoms with Gasteiger partial charge >= 0.3 is 0 Å². The average Bonchev–Trinajstić information content (AvgIpc) is 3.60. The predicted octanol–water partition coefficient (Wildman–Crippen LogP) is 13.1. The van der Waals surface area contributed by atoms with Gasteiger partial charge in [0.1, 0.15) is 0 Å². The first-order valence-corrected chi connectivity index (χ1v) is 17.7. The van der Waals surface area contributed by atoms with E-state index in [1.807, 2.05) is 60.7 Å². The smallest absolute Gasteiger partial charge is 0.160 e. The topological polar surface area (TPSA) is 30.7 Å².